The third kappa shape index (κ3) is 3.39. The largest absolute Gasteiger partial charge is 0.315 e. The SMILES string of the molecule is N#Cc1c(NC(=O)Cn2cnc3c(Cl)cc(Cl)cc3c2=O)sc2c1CCCC2. The molecular formula is C19H14Cl2N4O2S. The first-order valence-corrected chi connectivity index (χ1v) is 10.2. The Hall–Kier alpha value is -2.40. The fraction of sp³-hybridized carbons (Fsp3) is 0.263. The van der Waals surface area contributed by atoms with Crippen LogP contribution >= 0.6 is 34.5 Å². The van der Waals surface area contributed by atoms with Gasteiger partial charge < -0.3 is 5.32 Å². The summed E-state index contributed by atoms with van der Waals surface area (Å²) in [6.45, 7) is -0.223. The number of amides is 1. The second kappa shape index (κ2) is 7.55. The Morgan fingerprint density at radius 2 is 2.11 bits per heavy atom. The summed E-state index contributed by atoms with van der Waals surface area (Å²) in [5, 5.41) is 13.7. The van der Waals surface area contributed by atoms with Crippen LogP contribution in [0.1, 0.15) is 28.8 Å². The van der Waals surface area contributed by atoms with Gasteiger partial charge in [-0.2, -0.15) is 5.26 Å². The number of carbonyl (C=O) groups excluding carboxylic acids is 1. The van der Waals surface area contributed by atoms with Crippen LogP contribution in [0.5, 0.6) is 0 Å². The van der Waals surface area contributed by atoms with Crippen LogP contribution in [0.4, 0.5) is 5.00 Å². The maximum absolute atomic E-state index is 12.7. The van der Waals surface area contributed by atoms with Crippen LogP contribution in [0.15, 0.2) is 23.3 Å². The molecule has 3 aromatic rings. The smallest absolute Gasteiger partial charge is 0.261 e. The topological polar surface area (TPSA) is 87.8 Å². The highest BCUT2D eigenvalue weighted by Crippen LogP contribution is 2.37. The normalized spacial score (nSPS) is 13.2. The van der Waals surface area contributed by atoms with Gasteiger partial charge in [0, 0.05) is 9.90 Å². The number of halogens is 2. The summed E-state index contributed by atoms with van der Waals surface area (Å²) >= 11 is 13.5. The molecule has 0 aliphatic heterocycles. The number of hydrogen-bond donors (Lipinski definition) is 1. The molecule has 1 aliphatic carbocycles. The van der Waals surface area contributed by atoms with E-state index in [1.807, 2.05) is 0 Å². The van der Waals surface area contributed by atoms with Crippen LogP contribution in [0.25, 0.3) is 10.9 Å². The summed E-state index contributed by atoms with van der Waals surface area (Å²) in [5.41, 5.74) is 1.51. The van der Waals surface area contributed by atoms with Gasteiger partial charge in [0.2, 0.25) is 5.91 Å². The molecule has 0 atom stereocenters. The molecule has 0 radical (unpaired) electrons. The van der Waals surface area contributed by atoms with Gasteiger partial charge in [-0.25, -0.2) is 4.98 Å². The van der Waals surface area contributed by atoms with Crippen LogP contribution in [-0.2, 0) is 24.2 Å². The van der Waals surface area contributed by atoms with Crippen molar-refractivity contribution in [3.05, 3.63) is 54.9 Å². The third-order valence-electron chi connectivity index (χ3n) is 4.70. The number of nitriles is 1. The maximum atomic E-state index is 12.7. The van der Waals surface area contributed by atoms with E-state index in [1.54, 1.807) is 0 Å². The van der Waals surface area contributed by atoms with Crippen LogP contribution in [0.2, 0.25) is 10.0 Å². The number of fused-ring (bicyclic) bond motifs is 2. The zero-order valence-electron chi connectivity index (χ0n) is 14.6. The van der Waals surface area contributed by atoms with E-state index >= 15 is 0 Å². The fourth-order valence-electron chi connectivity index (χ4n) is 3.40. The number of carbonyl (C=O) groups is 1. The second-order valence-corrected chi connectivity index (χ2v) is 8.49. The van der Waals surface area contributed by atoms with Crippen molar-refractivity contribution >= 4 is 56.3 Å². The van der Waals surface area contributed by atoms with Crippen molar-refractivity contribution in [2.75, 3.05) is 5.32 Å². The molecule has 4 rings (SSSR count). The number of rotatable bonds is 3. The van der Waals surface area contributed by atoms with E-state index in [0.29, 0.717) is 21.1 Å². The second-order valence-electron chi connectivity index (χ2n) is 6.54. The summed E-state index contributed by atoms with van der Waals surface area (Å²) in [7, 11) is 0. The molecule has 0 saturated heterocycles. The number of benzene rings is 1. The number of hydrogen-bond acceptors (Lipinski definition) is 5. The Balaban J connectivity index is 1.62. The lowest BCUT2D eigenvalue weighted by Gasteiger charge is -2.09. The number of nitrogens with zero attached hydrogens (tertiary/aromatic N) is 3. The van der Waals surface area contributed by atoms with Gasteiger partial charge in [0.1, 0.15) is 17.6 Å². The number of aryl methyl sites for hydroxylation is 1. The van der Waals surface area contributed by atoms with Gasteiger partial charge in [-0.3, -0.25) is 14.2 Å². The summed E-state index contributed by atoms with van der Waals surface area (Å²) < 4.78 is 1.20. The van der Waals surface area contributed by atoms with Crippen LogP contribution in [-0.4, -0.2) is 15.5 Å². The molecule has 1 amide bonds. The molecule has 0 bridgehead atoms. The summed E-state index contributed by atoms with van der Waals surface area (Å²) in [6, 6.07) is 5.20. The number of thiophene rings is 1. The van der Waals surface area contributed by atoms with Crippen molar-refractivity contribution in [3.8, 4) is 6.07 Å². The minimum Gasteiger partial charge on any atom is -0.315 e. The lowest BCUT2D eigenvalue weighted by atomic mass is 9.96. The van der Waals surface area contributed by atoms with Crippen LogP contribution < -0.4 is 10.9 Å². The first-order valence-electron chi connectivity index (χ1n) is 8.66. The number of nitrogens with one attached hydrogen (secondary N) is 1. The summed E-state index contributed by atoms with van der Waals surface area (Å²) in [4.78, 5) is 30.5. The van der Waals surface area contributed by atoms with Crippen LogP contribution in [0, 0.1) is 11.3 Å². The van der Waals surface area contributed by atoms with Crippen LogP contribution in [0.3, 0.4) is 0 Å². The molecule has 0 saturated carbocycles. The fourth-order valence-corrected chi connectivity index (χ4v) is 5.20. The zero-order valence-corrected chi connectivity index (χ0v) is 16.9. The zero-order chi connectivity index (χ0) is 19.8. The molecular weight excluding hydrogens is 419 g/mol. The van der Waals surface area contributed by atoms with Crippen molar-refractivity contribution < 1.29 is 4.79 Å². The van der Waals surface area contributed by atoms with E-state index in [0.717, 1.165) is 36.1 Å². The predicted octanol–water partition coefficient (Wildman–Crippen LogP) is 4.15. The van der Waals surface area contributed by atoms with E-state index < -0.39 is 11.5 Å². The van der Waals surface area contributed by atoms with Gasteiger partial charge in [-0.05, 0) is 43.4 Å². The molecule has 1 N–H and O–H groups in total. The first kappa shape index (κ1) is 18.9. The molecule has 1 aromatic carbocycles. The van der Waals surface area contributed by atoms with Gasteiger partial charge in [-0.15, -0.1) is 11.3 Å². The Kier molecular flexibility index (Phi) is 5.11. The van der Waals surface area contributed by atoms with E-state index in [2.05, 4.69) is 16.4 Å². The monoisotopic (exact) mass is 432 g/mol. The Morgan fingerprint density at radius 3 is 2.89 bits per heavy atom. The Bertz CT molecular complexity index is 1210. The highest BCUT2D eigenvalue weighted by atomic mass is 35.5. The summed E-state index contributed by atoms with van der Waals surface area (Å²) in [5.74, 6) is -0.397. The van der Waals surface area contributed by atoms with E-state index in [4.69, 9.17) is 23.2 Å². The highest BCUT2D eigenvalue weighted by molar-refractivity contribution is 7.16. The molecule has 28 heavy (non-hydrogen) atoms. The molecule has 0 fully saturated rings. The standard InChI is InChI=1S/C19H14Cl2N4O2S/c20-10-5-12-17(14(21)6-10)23-9-25(19(12)27)8-16(26)24-18-13(7-22)11-3-1-2-4-15(11)28-18/h5-6,9H,1-4,8H2,(H,24,26). The Labute approximate surface area is 174 Å². The van der Waals surface area contributed by atoms with Crippen molar-refractivity contribution in [2.45, 2.75) is 32.2 Å². The molecule has 1 aliphatic rings. The van der Waals surface area contributed by atoms with Crippen molar-refractivity contribution in [3.63, 3.8) is 0 Å². The summed E-state index contributed by atoms with van der Waals surface area (Å²) in [6.07, 6.45) is 5.22. The lowest BCUT2D eigenvalue weighted by Crippen LogP contribution is -2.28. The third-order valence-corrected chi connectivity index (χ3v) is 6.41. The van der Waals surface area contributed by atoms with E-state index in [-0.39, 0.29) is 17.0 Å². The minimum atomic E-state index is -0.407. The maximum Gasteiger partial charge on any atom is 0.261 e. The van der Waals surface area contributed by atoms with E-state index in [1.165, 1.54) is 34.4 Å². The first-order chi connectivity index (χ1) is 13.5. The number of anilines is 1. The average molecular weight is 433 g/mol. The molecule has 142 valence electrons. The van der Waals surface area contributed by atoms with Gasteiger partial charge in [0.15, 0.2) is 0 Å². The van der Waals surface area contributed by atoms with Crippen molar-refractivity contribution in [2.24, 2.45) is 0 Å². The van der Waals surface area contributed by atoms with Crippen molar-refractivity contribution in [1.82, 2.24) is 9.55 Å². The minimum absolute atomic E-state index is 0.223. The van der Waals surface area contributed by atoms with Gasteiger partial charge >= 0.3 is 0 Å². The molecule has 0 unspecified atom stereocenters. The average Bonchev–Trinajstić information content (AvgIpc) is 3.01. The molecule has 9 heteroatoms. The molecule has 6 nitrogen and oxygen atoms in total. The molecule has 0 spiro atoms. The van der Waals surface area contributed by atoms with Crippen molar-refractivity contribution in [1.29, 1.82) is 5.26 Å². The predicted molar refractivity (Wildman–Crippen MR) is 110 cm³/mol. The van der Waals surface area contributed by atoms with Gasteiger partial charge in [0.25, 0.3) is 5.56 Å². The molecule has 2 heterocycles. The van der Waals surface area contributed by atoms with Gasteiger partial charge in [-0.1, -0.05) is 23.2 Å². The highest BCUT2D eigenvalue weighted by Gasteiger charge is 2.22. The molecule has 2 aromatic heterocycles. The van der Waals surface area contributed by atoms with Gasteiger partial charge in [0.05, 0.1) is 27.8 Å². The van der Waals surface area contributed by atoms with E-state index in [9.17, 15) is 14.9 Å². The lowest BCUT2D eigenvalue weighted by molar-refractivity contribution is -0.116. The number of aromatic nitrogens is 2. The Morgan fingerprint density at radius 1 is 1.32 bits per heavy atom. The quantitative estimate of drug-likeness (QED) is 0.672.